The third-order valence-corrected chi connectivity index (χ3v) is 2.98. The lowest BCUT2D eigenvalue weighted by Crippen LogP contribution is -2.25. The van der Waals surface area contributed by atoms with E-state index in [0.29, 0.717) is 5.03 Å². The summed E-state index contributed by atoms with van der Waals surface area (Å²) in [6.45, 7) is 2.04. The number of rotatable bonds is 0. The molecule has 2 nitrogen and oxygen atoms in total. The van der Waals surface area contributed by atoms with Crippen molar-refractivity contribution in [2.24, 2.45) is 0 Å². The fourth-order valence-electron chi connectivity index (χ4n) is 1.83. The van der Waals surface area contributed by atoms with Crippen molar-refractivity contribution in [1.29, 1.82) is 0 Å². The first-order valence-corrected chi connectivity index (χ1v) is 5.23. The van der Waals surface area contributed by atoms with Crippen molar-refractivity contribution in [2.45, 2.75) is 12.8 Å². The minimum absolute atomic E-state index is 0.145. The first-order valence-electron chi connectivity index (χ1n) is 4.85. The second-order valence-electron chi connectivity index (χ2n) is 3.73. The number of para-hydroxylation sites is 1. The molecule has 2 rings (SSSR count). The molecule has 0 fully saturated rings. The molecule has 0 aromatic heterocycles. The van der Waals surface area contributed by atoms with Gasteiger partial charge in [0, 0.05) is 18.7 Å². The van der Waals surface area contributed by atoms with Gasteiger partial charge in [0.1, 0.15) is 5.03 Å². The topological polar surface area (TPSA) is 20.3 Å². The van der Waals surface area contributed by atoms with Crippen LogP contribution in [0.4, 0.5) is 5.69 Å². The minimum Gasteiger partial charge on any atom is -0.310 e. The van der Waals surface area contributed by atoms with E-state index in [1.807, 2.05) is 31.2 Å². The van der Waals surface area contributed by atoms with Crippen LogP contribution in [0, 0.1) is 0 Å². The zero-order valence-electron chi connectivity index (χ0n) is 8.70. The second-order valence-corrected chi connectivity index (χ2v) is 4.13. The Bertz CT molecular complexity index is 439. The van der Waals surface area contributed by atoms with Crippen molar-refractivity contribution in [3.63, 3.8) is 0 Å². The van der Waals surface area contributed by atoms with Crippen LogP contribution in [-0.4, -0.2) is 13.0 Å². The van der Waals surface area contributed by atoms with Crippen LogP contribution >= 0.6 is 11.6 Å². The van der Waals surface area contributed by atoms with Gasteiger partial charge in [-0.3, -0.25) is 4.79 Å². The Morgan fingerprint density at radius 1 is 1.33 bits per heavy atom. The highest BCUT2D eigenvalue weighted by atomic mass is 35.5. The average molecular weight is 222 g/mol. The van der Waals surface area contributed by atoms with E-state index < -0.39 is 0 Å². The summed E-state index contributed by atoms with van der Waals surface area (Å²) in [6.07, 6.45) is 1.80. The third-order valence-electron chi connectivity index (χ3n) is 2.69. The summed E-state index contributed by atoms with van der Waals surface area (Å²) < 4.78 is 0. The molecule has 1 amide bonds. The monoisotopic (exact) mass is 221 g/mol. The molecular formula is C12H12ClNO. The number of likely N-dealkylation sites (N-methyl/N-ethyl adjacent to an activating group) is 1. The molecule has 1 aromatic rings. The maximum absolute atomic E-state index is 11.8. The molecule has 0 N–H and O–H groups in total. The Morgan fingerprint density at radius 2 is 2.00 bits per heavy atom. The number of fused-ring (bicyclic) bond motifs is 1. The number of amides is 1. The van der Waals surface area contributed by atoms with Gasteiger partial charge in [-0.2, -0.15) is 0 Å². The Labute approximate surface area is 94.2 Å². The highest BCUT2D eigenvalue weighted by molar-refractivity contribution is 6.44. The Hall–Kier alpha value is -1.28. The predicted molar refractivity (Wildman–Crippen MR) is 62.2 cm³/mol. The molecule has 0 aliphatic carbocycles. The molecule has 0 saturated carbocycles. The third kappa shape index (κ3) is 1.65. The maximum atomic E-state index is 11.8. The van der Waals surface area contributed by atoms with Crippen LogP contribution in [0.3, 0.4) is 0 Å². The molecule has 1 heterocycles. The van der Waals surface area contributed by atoms with E-state index in [2.05, 4.69) is 0 Å². The van der Waals surface area contributed by atoms with Gasteiger partial charge in [0.2, 0.25) is 0 Å². The van der Waals surface area contributed by atoms with Crippen LogP contribution in [-0.2, 0) is 4.79 Å². The molecule has 15 heavy (non-hydrogen) atoms. The molecular weight excluding hydrogens is 210 g/mol. The van der Waals surface area contributed by atoms with Gasteiger partial charge in [0.15, 0.2) is 0 Å². The van der Waals surface area contributed by atoms with Crippen molar-refractivity contribution < 1.29 is 4.79 Å². The van der Waals surface area contributed by atoms with Gasteiger partial charge in [0.25, 0.3) is 5.91 Å². The van der Waals surface area contributed by atoms with Gasteiger partial charge >= 0.3 is 0 Å². The summed E-state index contributed by atoms with van der Waals surface area (Å²) in [6, 6.07) is 7.86. The van der Waals surface area contributed by atoms with Crippen LogP contribution in [0.1, 0.15) is 18.4 Å². The number of allylic oxidation sites excluding steroid dienone is 1. The van der Waals surface area contributed by atoms with Gasteiger partial charge in [-0.05, 0) is 11.6 Å². The average Bonchev–Trinajstić information content (AvgIpc) is 2.33. The van der Waals surface area contributed by atoms with Gasteiger partial charge in [0.05, 0.1) is 0 Å². The lowest BCUT2D eigenvalue weighted by atomic mass is 9.99. The van der Waals surface area contributed by atoms with E-state index >= 15 is 0 Å². The van der Waals surface area contributed by atoms with Crippen molar-refractivity contribution >= 4 is 23.2 Å². The van der Waals surface area contributed by atoms with Gasteiger partial charge in [-0.15, -0.1) is 0 Å². The Morgan fingerprint density at radius 3 is 2.73 bits per heavy atom. The normalized spacial score (nSPS) is 20.7. The molecule has 0 bridgehead atoms. The zero-order chi connectivity index (χ0) is 11.0. The molecule has 1 unspecified atom stereocenters. The zero-order valence-corrected chi connectivity index (χ0v) is 9.45. The molecule has 1 aliphatic rings. The van der Waals surface area contributed by atoms with Crippen molar-refractivity contribution in [3.05, 3.63) is 40.9 Å². The molecule has 1 atom stereocenters. The van der Waals surface area contributed by atoms with Crippen molar-refractivity contribution in [1.82, 2.24) is 0 Å². The first-order chi connectivity index (χ1) is 7.11. The summed E-state index contributed by atoms with van der Waals surface area (Å²) in [7, 11) is 1.75. The van der Waals surface area contributed by atoms with Crippen molar-refractivity contribution in [3.8, 4) is 0 Å². The standard InChI is InChI=1S/C12H12ClNO/c1-8-7-10(13)12(15)14(2)11-6-4-3-5-9(8)11/h3-8H,1-2H3. The van der Waals surface area contributed by atoms with Gasteiger partial charge < -0.3 is 4.90 Å². The SMILES string of the molecule is CC1C=C(Cl)C(=O)N(C)c2ccccc21. The van der Waals surface area contributed by atoms with Crippen LogP contribution in [0.15, 0.2) is 35.4 Å². The van der Waals surface area contributed by atoms with E-state index in [-0.39, 0.29) is 11.8 Å². The largest absolute Gasteiger partial charge is 0.310 e. The molecule has 0 saturated heterocycles. The number of anilines is 1. The number of hydrogen-bond acceptors (Lipinski definition) is 1. The molecule has 0 spiro atoms. The molecule has 1 aromatic carbocycles. The Balaban J connectivity index is 2.61. The Kier molecular flexibility index (Phi) is 2.53. The number of nitrogens with zero attached hydrogens (tertiary/aromatic N) is 1. The van der Waals surface area contributed by atoms with E-state index in [1.54, 1.807) is 18.0 Å². The highest BCUT2D eigenvalue weighted by Crippen LogP contribution is 2.33. The fraction of sp³-hybridized carbons (Fsp3) is 0.250. The van der Waals surface area contributed by atoms with Crippen LogP contribution in [0.2, 0.25) is 0 Å². The van der Waals surface area contributed by atoms with Crippen molar-refractivity contribution in [2.75, 3.05) is 11.9 Å². The molecule has 1 aliphatic heterocycles. The molecule has 0 radical (unpaired) electrons. The lowest BCUT2D eigenvalue weighted by molar-refractivity contribution is -0.114. The van der Waals surface area contributed by atoms with Crippen LogP contribution in [0.5, 0.6) is 0 Å². The molecule has 78 valence electrons. The quantitative estimate of drug-likeness (QED) is 0.660. The predicted octanol–water partition coefficient (Wildman–Crippen LogP) is 2.89. The van der Waals surface area contributed by atoms with Crippen LogP contribution in [0.25, 0.3) is 0 Å². The van der Waals surface area contributed by atoms with Crippen LogP contribution < -0.4 is 4.90 Å². The summed E-state index contributed by atoms with van der Waals surface area (Å²) >= 11 is 5.92. The summed E-state index contributed by atoms with van der Waals surface area (Å²) in [4.78, 5) is 13.4. The summed E-state index contributed by atoms with van der Waals surface area (Å²) in [5, 5.41) is 0.293. The fourth-order valence-corrected chi connectivity index (χ4v) is 2.14. The van der Waals surface area contributed by atoms with E-state index in [9.17, 15) is 4.79 Å². The summed E-state index contributed by atoms with van der Waals surface area (Å²) in [5.74, 6) is 0.0241. The highest BCUT2D eigenvalue weighted by Gasteiger charge is 2.23. The second kappa shape index (κ2) is 3.70. The number of halogens is 1. The number of hydrogen-bond donors (Lipinski definition) is 0. The number of benzene rings is 1. The number of carbonyl (C=O) groups excluding carboxylic acids is 1. The van der Waals surface area contributed by atoms with E-state index in [0.717, 1.165) is 11.3 Å². The lowest BCUT2D eigenvalue weighted by Gasteiger charge is -2.18. The number of carbonyl (C=O) groups is 1. The van der Waals surface area contributed by atoms with Gasteiger partial charge in [-0.25, -0.2) is 0 Å². The molecule has 3 heteroatoms. The van der Waals surface area contributed by atoms with E-state index in [1.165, 1.54) is 0 Å². The first kappa shape index (κ1) is 10.2. The van der Waals surface area contributed by atoms with Gasteiger partial charge in [-0.1, -0.05) is 42.8 Å². The summed E-state index contributed by atoms with van der Waals surface area (Å²) in [5.41, 5.74) is 2.06. The smallest absolute Gasteiger partial charge is 0.269 e. The maximum Gasteiger partial charge on any atom is 0.269 e. The van der Waals surface area contributed by atoms with E-state index in [4.69, 9.17) is 11.6 Å². The minimum atomic E-state index is -0.145.